The molecule has 0 aliphatic rings. The van der Waals surface area contributed by atoms with Gasteiger partial charge in [-0.15, -0.1) is 0 Å². The Balaban J connectivity index is 2.20. The number of rotatable bonds is 2. The van der Waals surface area contributed by atoms with E-state index in [1.165, 1.54) is 0 Å². The molecule has 5 heteroatoms. The van der Waals surface area contributed by atoms with Crippen LogP contribution in [0.25, 0.3) is 22.2 Å². The van der Waals surface area contributed by atoms with Gasteiger partial charge in [-0.25, -0.2) is 9.97 Å². The molecule has 0 saturated heterocycles. The van der Waals surface area contributed by atoms with Gasteiger partial charge in [0.1, 0.15) is 0 Å². The predicted octanol–water partition coefficient (Wildman–Crippen LogP) is 2.06. The lowest BCUT2D eigenvalue weighted by Crippen LogP contribution is -1.96. The highest BCUT2D eigenvalue weighted by Gasteiger charge is 2.07. The molecule has 0 aliphatic carbocycles. The van der Waals surface area contributed by atoms with Crippen LogP contribution in [-0.4, -0.2) is 27.0 Å². The summed E-state index contributed by atoms with van der Waals surface area (Å²) in [4.78, 5) is 15.9. The minimum atomic E-state index is 0.612. The van der Waals surface area contributed by atoms with E-state index in [9.17, 15) is 0 Å². The van der Waals surface area contributed by atoms with Crippen molar-refractivity contribution in [2.75, 3.05) is 12.4 Å². The van der Waals surface area contributed by atoms with E-state index in [2.05, 4.69) is 25.3 Å². The number of hydrogen-bond donors (Lipinski definition) is 2. The van der Waals surface area contributed by atoms with Crippen molar-refractivity contribution < 1.29 is 0 Å². The third kappa shape index (κ3) is 1.61. The molecule has 0 unspecified atom stereocenters. The number of aromatic nitrogens is 4. The Labute approximate surface area is 98.0 Å². The van der Waals surface area contributed by atoms with Crippen molar-refractivity contribution >= 4 is 16.9 Å². The maximum Gasteiger partial charge on any atom is 0.222 e. The SMILES string of the molecule is CNc1nccc(-c2c[nH]c3ccncc23)n1. The third-order valence-electron chi connectivity index (χ3n) is 2.64. The molecule has 0 aliphatic heterocycles. The van der Waals surface area contributed by atoms with Gasteiger partial charge in [0.05, 0.1) is 5.69 Å². The summed E-state index contributed by atoms with van der Waals surface area (Å²) in [5.41, 5.74) is 2.97. The van der Waals surface area contributed by atoms with E-state index < -0.39 is 0 Å². The molecule has 0 aromatic carbocycles. The van der Waals surface area contributed by atoms with Crippen LogP contribution in [0.1, 0.15) is 0 Å². The van der Waals surface area contributed by atoms with Crippen molar-refractivity contribution in [3.8, 4) is 11.3 Å². The largest absolute Gasteiger partial charge is 0.360 e. The molecule has 17 heavy (non-hydrogen) atoms. The van der Waals surface area contributed by atoms with Crippen LogP contribution >= 0.6 is 0 Å². The molecule has 3 aromatic rings. The molecule has 0 saturated carbocycles. The highest BCUT2D eigenvalue weighted by atomic mass is 15.1. The van der Waals surface area contributed by atoms with E-state index in [1.54, 1.807) is 19.4 Å². The number of H-pyrrole nitrogens is 1. The fourth-order valence-electron chi connectivity index (χ4n) is 1.80. The number of pyridine rings is 1. The van der Waals surface area contributed by atoms with Crippen molar-refractivity contribution in [3.05, 3.63) is 36.9 Å². The number of nitrogens with one attached hydrogen (secondary N) is 2. The first-order valence-corrected chi connectivity index (χ1v) is 5.31. The molecule has 2 N–H and O–H groups in total. The van der Waals surface area contributed by atoms with Gasteiger partial charge in [0, 0.05) is 48.3 Å². The van der Waals surface area contributed by atoms with E-state index in [-0.39, 0.29) is 0 Å². The number of fused-ring (bicyclic) bond motifs is 1. The monoisotopic (exact) mass is 225 g/mol. The Morgan fingerprint density at radius 3 is 3.06 bits per heavy atom. The van der Waals surface area contributed by atoms with Crippen LogP contribution in [0, 0.1) is 0 Å². The van der Waals surface area contributed by atoms with Crippen LogP contribution < -0.4 is 5.32 Å². The second kappa shape index (κ2) is 3.86. The van der Waals surface area contributed by atoms with Gasteiger partial charge in [0.15, 0.2) is 0 Å². The molecule has 0 bridgehead atoms. The Bertz CT molecular complexity index is 659. The first kappa shape index (κ1) is 9.77. The Morgan fingerprint density at radius 2 is 2.18 bits per heavy atom. The number of hydrogen-bond acceptors (Lipinski definition) is 4. The van der Waals surface area contributed by atoms with E-state index in [0.717, 1.165) is 22.2 Å². The van der Waals surface area contributed by atoms with Gasteiger partial charge in [-0.2, -0.15) is 0 Å². The second-order valence-corrected chi connectivity index (χ2v) is 3.64. The lowest BCUT2D eigenvalue weighted by Gasteiger charge is -2.01. The zero-order valence-corrected chi connectivity index (χ0v) is 9.31. The summed E-state index contributed by atoms with van der Waals surface area (Å²) >= 11 is 0. The smallest absolute Gasteiger partial charge is 0.222 e. The van der Waals surface area contributed by atoms with E-state index in [1.807, 2.05) is 24.5 Å². The van der Waals surface area contributed by atoms with Crippen molar-refractivity contribution in [1.29, 1.82) is 0 Å². The van der Waals surface area contributed by atoms with E-state index >= 15 is 0 Å². The molecule has 0 spiro atoms. The highest BCUT2D eigenvalue weighted by molar-refractivity contribution is 5.93. The third-order valence-corrected chi connectivity index (χ3v) is 2.64. The van der Waals surface area contributed by atoms with Gasteiger partial charge in [-0.1, -0.05) is 0 Å². The zero-order valence-electron chi connectivity index (χ0n) is 9.31. The number of aromatic amines is 1. The van der Waals surface area contributed by atoms with Crippen molar-refractivity contribution in [3.63, 3.8) is 0 Å². The molecule has 3 heterocycles. The molecule has 0 amide bonds. The summed E-state index contributed by atoms with van der Waals surface area (Å²) < 4.78 is 0. The van der Waals surface area contributed by atoms with Crippen LogP contribution in [0.4, 0.5) is 5.95 Å². The summed E-state index contributed by atoms with van der Waals surface area (Å²) in [5.74, 6) is 0.612. The Kier molecular flexibility index (Phi) is 2.22. The lowest BCUT2D eigenvalue weighted by molar-refractivity contribution is 1.16. The molecular weight excluding hydrogens is 214 g/mol. The van der Waals surface area contributed by atoms with Crippen molar-refractivity contribution in [2.45, 2.75) is 0 Å². The predicted molar refractivity (Wildman–Crippen MR) is 66.7 cm³/mol. The fourth-order valence-corrected chi connectivity index (χ4v) is 1.80. The maximum absolute atomic E-state index is 4.41. The van der Waals surface area contributed by atoms with Gasteiger partial charge < -0.3 is 10.3 Å². The minimum Gasteiger partial charge on any atom is -0.360 e. The number of anilines is 1. The van der Waals surface area contributed by atoms with Gasteiger partial charge in [-0.05, 0) is 12.1 Å². The molecule has 0 fully saturated rings. The highest BCUT2D eigenvalue weighted by Crippen LogP contribution is 2.26. The Hall–Kier alpha value is -2.43. The zero-order chi connectivity index (χ0) is 11.7. The average molecular weight is 225 g/mol. The van der Waals surface area contributed by atoms with Crippen molar-refractivity contribution in [2.24, 2.45) is 0 Å². The number of nitrogens with zero attached hydrogens (tertiary/aromatic N) is 3. The average Bonchev–Trinajstić information content (AvgIpc) is 2.82. The molecule has 3 aromatic heterocycles. The van der Waals surface area contributed by atoms with Crippen molar-refractivity contribution in [1.82, 2.24) is 19.9 Å². The molecule has 3 rings (SSSR count). The lowest BCUT2D eigenvalue weighted by atomic mass is 10.1. The van der Waals surface area contributed by atoms with Crippen LogP contribution in [0.2, 0.25) is 0 Å². The van der Waals surface area contributed by atoms with Crippen LogP contribution in [0.3, 0.4) is 0 Å². The van der Waals surface area contributed by atoms with Gasteiger partial charge in [0.2, 0.25) is 5.95 Å². The quantitative estimate of drug-likeness (QED) is 0.700. The summed E-state index contributed by atoms with van der Waals surface area (Å²) in [6.07, 6.45) is 7.28. The topological polar surface area (TPSA) is 66.5 Å². The summed E-state index contributed by atoms with van der Waals surface area (Å²) in [5, 5.41) is 3.99. The molecule has 84 valence electrons. The molecular formula is C12H11N5. The first-order chi connectivity index (χ1) is 8.38. The molecule has 5 nitrogen and oxygen atoms in total. The minimum absolute atomic E-state index is 0.612. The maximum atomic E-state index is 4.41. The first-order valence-electron chi connectivity index (χ1n) is 5.31. The molecule has 0 atom stereocenters. The van der Waals surface area contributed by atoms with Crippen LogP contribution in [0.15, 0.2) is 36.9 Å². The summed E-state index contributed by atoms with van der Waals surface area (Å²) in [7, 11) is 1.80. The van der Waals surface area contributed by atoms with Crippen LogP contribution in [0.5, 0.6) is 0 Å². The van der Waals surface area contributed by atoms with E-state index in [4.69, 9.17) is 0 Å². The molecule has 0 radical (unpaired) electrons. The summed E-state index contributed by atoms with van der Waals surface area (Å²) in [6.45, 7) is 0. The Morgan fingerprint density at radius 1 is 1.24 bits per heavy atom. The van der Waals surface area contributed by atoms with Gasteiger partial charge >= 0.3 is 0 Å². The second-order valence-electron chi connectivity index (χ2n) is 3.64. The standard InChI is InChI=1S/C12H11N5/c1-13-12-15-5-3-11(17-12)9-7-16-10-2-4-14-6-8(9)10/h2-7,16H,1H3,(H,13,15,17). The fraction of sp³-hybridized carbons (Fsp3) is 0.0833. The summed E-state index contributed by atoms with van der Waals surface area (Å²) in [6, 6.07) is 3.83. The normalized spacial score (nSPS) is 10.6. The van der Waals surface area contributed by atoms with Gasteiger partial charge in [-0.3, -0.25) is 4.98 Å². The van der Waals surface area contributed by atoms with Gasteiger partial charge in [0.25, 0.3) is 0 Å². The van der Waals surface area contributed by atoms with E-state index in [0.29, 0.717) is 5.95 Å². The van der Waals surface area contributed by atoms with Crippen LogP contribution in [-0.2, 0) is 0 Å².